The Hall–Kier alpha value is -2.12. The first-order chi connectivity index (χ1) is 11.9. The van der Waals surface area contributed by atoms with Gasteiger partial charge < -0.3 is 4.85 Å². The fourth-order valence-corrected chi connectivity index (χ4v) is 3.76. The van der Waals surface area contributed by atoms with Crippen LogP contribution in [0.1, 0.15) is 63.3 Å². The molecule has 4 nitrogen and oxygen atoms in total. The molecule has 0 radical (unpaired) electrons. The zero-order valence-electron chi connectivity index (χ0n) is 15.1. The fraction of sp³-hybridized carbons (Fsp3) is 0.450. The molecule has 1 aromatic carbocycles. The van der Waals surface area contributed by atoms with E-state index in [-0.39, 0.29) is 17.4 Å². The molecular formula is C20H23ClN4. The van der Waals surface area contributed by atoms with E-state index in [2.05, 4.69) is 42.7 Å². The van der Waals surface area contributed by atoms with Gasteiger partial charge >= 0.3 is 0 Å². The van der Waals surface area contributed by atoms with Crippen molar-refractivity contribution in [3.63, 3.8) is 0 Å². The molecule has 25 heavy (non-hydrogen) atoms. The van der Waals surface area contributed by atoms with Crippen molar-refractivity contribution in [1.82, 2.24) is 10.2 Å². The lowest BCUT2D eigenvalue weighted by Crippen LogP contribution is -2.31. The van der Waals surface area contributed by atoms with Gasteiger partial charge in [-0.2, -0.15) is 5.10 Å². The first-order valence-corrected chi connectivity index (χ1v) is 9.03. The number of benzene rings is 1. The van der Waals surface area contributed by atoms with Crippen molar-refractivity contribution in [2.24, 2.45) is 4.99 Å². The largest absolute Gasteiger partial charge is 0.306 e. The number of rotatable bonds is 3. The van der Waals surface area contributed by atoms with Gasteiger partial charge in [-0.05, 0) is 18.1 Å². The van der Waals surface area contributed by atoms with Gasteiger partial charge in [0.05, 0.1) is 5.92 Å². The summed E-state index contributed by atoms with van der Waals surface area (Å²) in [6.07, 6.45) is 1.75. The van der Waals surface area contributed by atoms with Gasteiger partial charge in [-0.1, -0.05) is 63.9 Å². The molecule has 0 spiro atoms. The van der Waals surface area contributed by atoms with Crippen LogP contribution in [0.4, 0.5) is 5.82 Å². The maximum Gasteiger partial charge on any atom is 0.272 e. The van der Waals surface area contributed by atoms with Gasteiger partial charge in [-0.3, -0.25) is 5.10 Å². The fourth-order valence-electron chi connectivity index (χ4n) is 3.51. The molecular weight excluding hydrogens is 332 g/mol. The molecule has 2 aromatic rings. The summed E-state index contributed by atoms with van der Waals surface area (Å²) in [4.78, 5) is 8.71. The first kappa shape index (κ1) is 17.7. The zero-order valence-corrected chi connectivity index (χ0v) is 15.9. The molecule has 2 atom stereocenters. The molecule has 0 aliphatic carbocycles. The molecule has 1 N–H and O–H groups in total. The lowest BCUT2D eigenvalue weighted by atomic mass is 9.76. The minimum absolute atomic E-state index is 0.121. The summed E-state index contributed by atoms with van der Waals surface area (Å²) >= 11 is 6.53. The van der Waals surface area contributed by atoms with Crippen LogP contribution in [-0.4, -0.2) is 22.0 Å². The average Bonchev–Trinajstić information content (AvgIpc) is 2.98. The Labute approximate surface area is 154 Å². The highest BCUT2D eigenvalue weighted by Gasteiger charge is 2.44. The number of hydrogen-bond donors (Lipinski definition) is 1. The molecule has 5 heteroatoms. The number of halogens is 1. The molecule has 0 fully saturated rings. The molecule has 0 bridgehead atoms. The van der Waals surface area contributed by atoms with Gasteiger partial charge in [0.25, 0.3) is 6.04 Å². The minimum atomic E-state index is -0.342. The van der Waals surface area contributed by atoms with E-state index in [4.69, 9.17) is 23.2 Å². The third-order valence-corrected chi connectivity index (χ3v) is 4.98. The van der Waals surface area contributed by atoms with E-state index in [1.54, 1.807) is 0 Å². The van der Waals surface area contributed by atoms with Crippen LogP contribution in [0.15, 0.2) is 29.3 Å². The average molecular weight is 355 g/mol. The molecule has 0 saturated heterocycles. The van der Waals surface area contributed by atoms with E-state index in [1.165, 1.54) is 0 Å². The highest BCUT2D eigenvalue weighted by molar-refractivity contribution is 6.31. The highest BCUT2D eigenvalue weighted by Crippen LogP contribution is 2.46. The Morgan fingerprint density at radius 3 is 2.60 bits per heavy atom. The van der Waals surface area contributed by atoms with Crippen LogP contribution < -0.4 is 0 Å². The van der Waals surface area contributed by atoms with Gasteiger partial charge in [-0.15, -0.1) is 0 Å². The topological polar surface area (TPSA) is 45.4 Å². The normalized spacial score (nSPS) is 19.9. The summed E-state index contributed by atoms with van der Waals surface area (Å²) in [7, 11) is 0. The number of aromatic amines is 1. The van der Waals surface area contributed by atoms with E-state index in [1.807, 2.05) is 24.3 Å². The molecule has 2 unspecified atom stereocenters. The molecule has 0 amide bonds. The second kappa shape index (κ2) is 6.65. The summed E-state index contributed by atoms with van der Waals surface area (Å²) < 4.78 is 0. The molecule has 1 aliphatic rings. The van der Waals surface area contributed by atoms with Gasteiger partial charge in [0.15, 0.2) is 5.82 Å². The quantitative estimate of drug-likeness (QED) is 0.709. The Balaban J connectivity index is 2.29. The third kappa shape index (κ3) is 3.09. The second-order valence-corrected chi connectivity index (χ2v) is 7.92. The Morgan fingerprint density at radius 2 is 2.00 bits per heavy atom. The summed E-state index contributed by atoms with van der Waals surface area (Å²) in [5, 5.41) is 8.34. The molecule has 0 saturated carbocycles. The van der Waals surface area contributed by atoms with Crippen LogP contribution in [0.25, 0.3) is 4.85 Å². The molecule has 1 aliphatic heterocycles. The van der Waals surface area contributed by atoms with Crippen molar-refractivity contribution in [1.29, 1.82) is 0 Å². The van der Waals surface area contributed by atoms with Crippen molar-refractivity contribution in [3.05, 3.63) is 57.5 Å². The van der Waals surface area contributed by atoms with Crippen molar-refractivity contribution in [2.45, 2.75) is 57.9 Å². The van der Waals surface area contributed by atoms with Crippen molar-refractivity contribution >= 4 is 23.1 Å². The predicted octanol–water partition coefficient (Wildman–Crippen LogP) is 5.67. The summed E-state index contributed by atoms with van der Waals surface area (Å²) in [5.74, 6) is 0.561. The van der Waals surface area contributed by atoms with Crippen LogP contribution in [0.5, 0.6) is 0 Å². The number of hydrogen-bond acceptors (Lipinski definition) is 2. The number of aromatic nitrogens is 2. The molecule has 2 heterocycles. The lowest BCUT2D eigenvalue weighted by Gasteiger charge is -2.28. The number of aliphatic imine (C=N–C) groups is 1. The van der Waals surface area contributed by atoms with Crippen molar-refractivity contribution < 1.29 is 0 Å². The van der Waals surface area contributed by atoms with Crippen molar-refractivity contribution in [2.75, 3.05) is 0 Å². The van der Waals surface area contributed by atoms with Gasteiger partial charge in [0.2, 0.25) is 0 Å². The SMILES string of the molecule is [C-]#[N+]C1C(CCC)=Nc2n[nH]c(C(C)(C)C)c2C1c1ccccc1Cl. The van der Waals surface area contributed by atoms with Crippen LogP contribution in [0.2, 0.25) is 5.02 Å². The number of nitrogens with zero attached hydrogens (tertiary/aromatic N) is 3. The second-order valence-electron chi connectivity index (χ2n) is 7.51. The summed E-state index contributed by atoms with van der Waals surface area (Å²) in [6.45, 7) is 16.4. The molecule has 1 aromatic heterocycles. The Morgan fingerprint density at radius 1 is 1.28 bits per heavy atom. The Kier molecular flexibility index (Phi) is 4.71. The first-order valence-electron chi connectivity index (χ1n) is 8.65. The van der Waals surface area contributed by atoms with Gasteiger partial charge in [0.1, 0.15) is 5.71 Å². The van der Waals surface area contributed by atoms with Crippen LogP contribution >= 0.6 is 11.6 Å². The maximum atomic E-state index is 7.85. The van der Waals surface area contributed by atoms with Crippen LogP contribution in [0.3, 0.4) is 0 Å². The van der Waals surface area contributed by atoms with Gasteiger partial charge in [0, 0.05) is 21.7 Å². The van der Waals surface area contributed by atoms with Crippen LogP contribution in [0, 0.1) is 6.57 Å². The minimum Gasteiger partial charge on any atom is -0.306 e. The maximum absolute atomic E-state index is 7.85. The van der Waals surface area contributed by atoms with Gasteiger partial charge in [-0.25, -0.2) is 11.6 Å². The third-order valence-electron chi connectivity index (χ3n) is 4.64. The predicted molar refractivity (Wildman–Crippen MR) is 103 cm³/mol. The van der Waals surface area contributed by atoms with E-state index < -0.39 is 0 Å². The zero-order chi connectivity index (χ0) is 18.2. The smallest absolute Gasteiger partial charge is 0.272 e. The standard InChI is InChI=1S/C20H23ClN4/c1-6-9-14-17(22-5)15(12-10-7-8-11-13(12)21)16-18(20(2,3)4)24-25-19(16)23-14/h7-8,10-11,15,17H,6,9H2,1-4H3,(H,24,25). The lowest BCUT2D eigenvalue weighted by molar-refractivity contribution is 0.554. The van der Waals surface area contributed by atoms with E-state index in [0.29, 0.717) is 10.8 Å². The molecule has 130 valence electrons. The Bertz CT molecular complexity index is 851. The number of nitrogens with one attached hydrogen (secondary N) is 1. The summed E-state index contributed by atoms with van der Waals surface area (Å²) in [5.41, 5.74) is 3.80. The van der Waals surface area contributed by atoms with E-state index in [0.717, 1.165) is 35.4 Å². The monoisotopic (exact) mass is 354 g/mol. The van der Waals surface area contributed by atoms with E-state index in [9.17, 15) is 0 Å². The number of H-pyrrole nitrogens is 1. The molecule has 3 rings (SSSR count). The van der Waals surface area contributed by atoms with Crippen molar-refractivity contribution in [3.8, 4) is 0 Å². The van der Waals surface area contributed by atoms with Crippen LogP contribution in [-0.2, 0) is 5.41 Å². The number of fused-ring (bicyclic) bond motifs is 1. The summed E-state index contributed by atoms with van der Waals surface area (Å²) in [6, 6.07) is 7.46. The van der Waals surface area contributed by atoms with E-state index >= 15 is 0 Å². The highest BCUT2D eigenvalue weighted by atomic mass is 35.5.